The van der Waals surface area contributed by atoms with E-state index in [1.165, 1.54) is 5.56 Å². The molecule has 0 saturated carbocycles. The first-order valence-corrected chi connectivity index (χ1v) is 6.20. The van der Waals surface area contributed by atoms with E-state index in [2.05, 4.69) is 52.3 Å². The molecule has 5 heteroatoms. The summed E-state index contributed by atoms with van der Waals surface area (Å²) in [6.07, 6.45) is 0. The van der Waals surface area contributed by atoms with Gasteiger partial charge < -0.3 is 10.2 Å². The Morgan fingerprint density at radius 1 is 1.05 bits per heavy atom. The van der Waals surface area contributed by atoms with Gasteiger partial charge in [0, 0.05) is 26.7 Å². The minimum atomic E-state index is 0.577. The first-order valence-electron chi connectivity index (χ1n) is 6.20. The molecule has 0 aliphatic heterocycles. The normalized spacial score (nSPS) is 10.4. The fourth-order valence-corrected chi connectivity index (χ4v) is 1.86. The van der Waals surface area contributed by atoms with Crippen molar-refractivity contribution in [1.82, 2.24) is 15.0 Å². The van der Waals surface area contributed by atoms with Crippen LogP contribution in [0.25, 0.3) is 11.4 Å². The predicted octanol–water partition coefficient (Wildman–Crippen LogP) is 2.26. The van der Waals surface area contributed by atoms with Crippen LogP contribution in [0.5, 0.6) is 0 Å². The number of hydrogen-bond donors (Lipinski definition) is 1. The van der Waals surface area contributed by atoms with Gasteiger partial charge in [0.2, 0.25) is 11.9 Å². The van der Waals surface area contributed by atoms with Crippen molar-refractivity contribution in [3.05, 3.63) is 29.3 Å². The van der Waals surface area contributed by atoms with Crippen molar-refractivity contribution in [2.24, 2.45) is 0 Å². The fraction of sp³-hybridized carbons (Fsp3) is 0.357. The minimum absolute atomic E-state index is 0.577. The largest absolute Gasteiger partial charge is 0.357 e. The van der Waals surface area contributed by atoms with Crippen molar-refractivity contribution < 1.29 is 0 Å². The van der Waals surface area contributed by atoms with E-state index in [4.69, 9.17) is 0 Å². The van der Waals surface area contributed by atoms with Crippen molar-refractivity contribution >= 4 is 11.9 Å². The molecule has 0 amide bonds. The van der Waals surface area contributed by atoms with Crippen molar-refractivity contribution in [3.63, 3.8) is 0 Å². The van der Waals surface area contributed by atoms with Gasteiger partial charge in [-0.25, -0.2) is 0 Å². The van der Waals surface area contributed by atoms with E-state index in [9.17, 15) is 0 Å². The van der Waals surface area contributed by atoms with Gasteiger partial charge in [0.05, 0.1) is 0 Å². The van der Waals surface area contributed by atoms with Crippen molar-refractivity contribution in [1.29, 1.82) is 0 Å². The van der Waals surface area contributed by atoms with Gasteiger partial charge in [0.1, 0.15) is 0 Å². The molecule has 1 aromatic heterocycles. The third-order valence-corrected chi connectivity index (χ3v) is 2.87. The quantitative estimate of drug-likeness (QED) is 0.914. The van der Waals surface area contributed by atoms with Crippen LogP contribution in [0.15, 0.2) is 18.2 Å². The van der Waals surface area contributed by atoms with Crippen LogP contribution in [-0.4, -0.2) is 36.1 Å². The molecule has 1 aromatic carbocycles. The van der Waals surface area contributed by atoms with Crippen molar-refractivity contribution in [2.75, 3.05) is 31.4 Å². The molecular formula is C14H19N5. The van der Waals surface area contributed by atoms with Gasteiger partial charge >= 0.3 is 0 Å². The van der Waals surface area contributed by atoms with E-state index >= 15 is 0 Å². The summed E-state index contributed by atoms with van der Waals surface area (Å²) in [6, 6.07) is 6.26. The highest BCUT2D eigenvalue weighted by molar-refractivity contribution is 5.62. The number of hydrogen-bond acceptors (Lipinski definition) is 5. The summed E-state index contributed by atoms with van der Waals surface area (Å²) < 4.78 is 0. The lowest BCUT2D eigenvalue weighted by Crippen LogP contribution is -2.15. The van der Waals surface area contributed by atoms with Crippen LogP contribution in [0.2, 0.25) is 0 Å². The molecular weight excluding hydrogens is 238 g/mol. The van der Waals surface area contributed by atoms with Crippen LogP contribution >= 0.6 is 0 Å². The molecule has 0 bridgehead atoms. The Kier molecular flexibility index (Phi) is 3.64. The van der Waals surface area contributed by atoms with Gasteiger partial charge in [-0.1, -0.05) is 23.8 Å². The van der Waals surface area contributed by atoms with Crippen molar-refractivity contribution in [2.45, 2.75) is 13.8 Å². The van der Waals surface area contributed by atoms with Crippen LogP contribution in [0.3, 0.4) is 0 Å². The number of aromatic nitrogens is 3. The molecule has 100 valence electrons. The van der Waals surface area contributed by atoms with Gasteiger partial charge in [0.25, 0.3) is 0 Å². The highest BCUT2D eigenvalue weighted by Gasteiger charge is 2.11. The lowest BCUT2D eigenvalue weighted by molar-refractivity contribution is 0.962. The molecule has 0 aliphatic rings. The number of anilines is 2. The standard InChI is InChI=1S/C14H19N5/c1-9-6-7-11(10(2)8-9)12-16-13(15-3)18-14(17-12)19(4)5/h6-8H,1-5H3,(H,15,16,17,18). The SMILES string of the molecule is CNc1nc(-c2ccc(C)cc2C)nc(N(C)C)n1. The van der Waals surface area contributed by atoms with Gasteiger partial charge in [-0.3, -0.25) is 0 Å². The maximum absolute atomic E-state index is 4.51. The Hall–Kier alpha value is -2.17. The lowest BCUT2D eigenvalue weighted by Gasteiger charge is -2.13. The summed E-state index contributed by atoms with van der Waals surface area (Å²) in [6.45, 7) is 4.15. The molecule has 0 radical (unpaired) electrons. The zero-order valence-corrected chi connectivity index (χ0v) is 12.0. The Morgan fingerprint density at radius 3 is 2.37 bits per heavy atom. The predicted molar refractivity (Wildman–Crippen MR) is 78.6 cm³/mol. The first-order chi connectivity index (χ1) is 9.01. The molecule has 0 spiro atoms. The minimum Gasteiger partial charge on any atom is -0.357 e. The summed E-state index contributed by atoms with van der Waals surface area (Å²) in [4.78, 5) is 15.1. The van der Waals surface area contributed by atoms with Gasteiger partial charge in [-0.15, -0.1) is 0 Å². The molecule has 1 heterocycles. The molecule has 0 aliphatic carbocycles. The second-order valence-electron chi connectivity index (χ2n) is 4.75. The summed E-state index contributed by atoms with van der Waals surface area (Å²) in [5, 5.41) is 2.97. The van der Waals surface area contributed by atoms with E-state index in [1.54, 1.807) is 7.05 Å². The van der Waals surface area contributed by atoms with Crippen LogP contribution in [0.1, 0.15) is 11.1 Å². The number of rotatable bonds is 3. The topological polar surface area (TPSA) is 53.9 Å². The van der Waals surface area contributed by atoms with Crippen molar-refractivity contribution in [3.8, 4) is 11.4 Å². The first kappa shape index (κ1) is 13.3. The number of nitrogens with zero attached hydrogens (tertiary/aromatic N) is 4. The molecule has 0 atom stereocenters. The average Bonchev–Trinajstić information content (AvgIpc) is 2.38. The molecule has 2 aromatic rings. The van der Waals surface area contributed by atoms with Crippen LogP contribution < -0.4 is 10.2 Å². The van der Waals surface area contributed by atoms with Gasteiger partial charge in [-0.2, -0.15) is 15.0 Å². The van der Waals surface area contributed by atoms with E-state index in [0.29, 0.717) is 17.7 Å². The van der Waals surface area contributed by atoms with E-state index < -0.39 is 0 Å². The maximum Gasteiger partial charge on any atom is 0.230 e. The molecule has 0 saturated heterocycles. The summed E-state index contributed by atoms with van der Waals surface area (Å²) in [5.41, 5.74) is 3.43. The Morgan fingerprint density at radius 2 is 1.79 bits per heavy atom. The Balaban J connectivity index is 2.57. The monoisotopic (exact) mass is 257 g/mol. The van der Waals surface area contributed by atoms with E-state index in [0.717, 1.165) is 11.1 Å². The van der Waals surface area contributed by atoms with Crippen LogP contribution in [0.4, 0.5) is 11.9 Å². The molecule has 19 heavy (non-hydrogen) atoms. The van der Waals surface area contributed by atoms with Gasteiger partial charge in [-0.05, 0) is 19.4 Å². The fourth-order valence-electron chi connectivity index (χ4n) is 1.86. The number of aryl methyl sites for hydroxylation is 2. The summed E-state index contributed by atoms with van der Waals surface area (Å²) >= 11 is 0. The highest BCUT2D eigenvalue weighted by Crippen LogP contribution is 2.23. The van der Waals surface area contributed by atoms with E-state index in [-0.39, 0.29) is 0 Å². The second-order valence-corrected chi connectivity index (χ2v) is 4.75. The van der Waals surface area contributed by atoms with E-state index in [1.807, 2.05) is 19.0 Å². The lowest BCUT2D eigenvalue weighted by atomic mass is 10.1. The maximum atomic E-state index is 4.51. The third-order valence-electron chi connectivity index (χ3n) is 2.87. The highest BCUT2D eigenvalue weighted by atomic mass is 15.3. The number of nitrogens with one attached hydrogen (secondary N) is 1. The Labute approximate surface area is 113 Å². The Bertz CT molecular complexity index is 592. The van der Waals surface area contributed by atoms with Crippen LogP contribution in [-0.2, 0) is 0 Å². The molecule has 5 nitrogen and oxygen atoms in total. The summed E-state index contributed by atoms with van der Waals surface area (Å²) in [5.74, 6) is 1.92. The van der Waals surface area contributed by atoms with Gasteiger partial charge in [0.15, 0.2) is 5.82 Å². The molecule has 2 rings (SSSR count). The zero-order chi connectivity index (χ0) is 14.0. The summed E-state index contributed by atoms with van der Waals surface area (Å²) in [7, 11) is 5.64. The molecule has 0 unspecified atom stereocenters. The molecule has 1 N–H and O–H groups in total. The molecule has 0 fully saturated rings. The number of benzene rings is 1. The second kappa shape index (κ2) is 5.22. The smallest absolute Gasteiger partial charge is 0.230 e. The third kappa shape index (κ3) is 2.81. The average molecular weight is 257 g/mol. The zero-order valence-electron chi connectivity index (χ0n) is 12.0. The van der Waals surface area contributed by atoms with Crippen LogP contribution in [0, 0.1) is 13.8 Å².